The molecule has 0 aromatic heterocycles. The zero-order valence-electron chi connectivity index (χ0n) is 18.8. The predicted octanol–water partition coefficient (Wildman–Crippen LogP) is 2.39. The maximum absolute atomic E-state index is 12.7. The molecule has 4 atom stereocenters. The summed E-state index contributed by atoms with van der Waals surface area (Å²) in [6, 6.07) is 20.1. The van der Waals surface area contributed by atoms with Gasteiger partial charge >= 0.3 is 11.9 Å². The van der Waals surface area contributed by atoms with Crippen LogP contribution in [0.5, 0.6) is 0 Å². The van der Waals surface area contributed by atoms with Gasteiger partial charge < -0.3 is 19.1 Å². The smallest absolute Gasteiger partial charge is 0.332 e. The molecule has 2 bridgehead atoms. The fourth-order valence-electron chi connectivity index (χ4n) is 5.50. The molecule has 0 aliphatic carbocycles. The second-order valence-corrected chi connectivity index (χ2v) is 9.15. The van der Waals surface area contributed by atoms with E-state index in [1.165, 1.54) is 0 Å². The molecule has 1 spiro atoms. The van der Waals surface area contributed by atoms with Gasteiger partial charge in [0.25, 0.3) is 0 Å². The Morgan fingerprint density at radius 3 is 2.15 bits per heavy atom. The Morgan fingerprint density at radius 2 is 1.52 bits per heavy atom. The maximum Gasteiger partial charge on any atom is 0.332 e. The van der Waals surface area contributed by atoms with Crippen molar-refractivity contribution in [3.05, 3.63) is 83.9 Å². The molecule has 5 rings (SSSR count). The van der Waals surface area contributed by atoms with Crippen molar-refractivity contribution in [2.24, 2.45) is 5.92 Å². The number of nitrogens with zero attached hydrogens (tertiary/aromatic N) is 2. The zero-order valence-corrected chi connectivity index (χ0v) is 18.8. The van der Waals surface area contributed by atoms with Gasteiger partial charge in [0.1, 0.15) is 12.2 Å². The second-order valence-electron chi connectivity index (χ2n) is 9.15. The van der Waals surface area contributed by atoms with Crippen molar-refractivity contribution in [2.75, 3.05) is 33.7 Å². The second kappa shape index (κ2) is 8.74. The number of rotatable bonds is 4. The average molecular weight is 449 g/mol. The van der Waals surface area contributed by atoms with Crippen LogP contribution in [0.4, 0.5) is 0 Å². The molecule has 3 aliphatic heterocycles. The standard InChI is InChI=1S/C26H28N2O5/c1-27-15-20-16-28(2)25-26(17-27,33-22(30)14-13-21(29)31-25)24(20)32-23(18-9-5-3-6-10-18)19-11-7-4-8-12-19/h3-14,20,23-25H,15-17H2,1-2H3/b14-13+. The zero-order chi connectivity index (χ0) is 23.0. The molecule has 172 valence electrons. The number of fused-ring (bicyclic) bond motifs is 1. The lowest BCUT2D eigenvalue weighted by Crippen LogP contribution is -2.76. The molecule has 0 amide bonds. The van der Waals surface area contributed by atoms with E-state index in [4.69, 9.17) is 14.2 Å². The Labute approximate surface area is 193 Å². The molecular formula is C26H28N2O5. The van der Waals surface area contributed by atoms with Gasteiger partial charge in [0.05, 0.1) is 0 Å². The Morgan fingerprint density at radius 1 is 0.909 bits per heavy atom. The van der Waals surface area contributed by atoms with E-state index in [1.54, 1.807) is 0 Å². The third kappa shape index (κ3) is 4.08. The van der Waals surface area contributed by atoms with Crippen LogP contribution in [-0.4, -0.2) is 73.4 Å². The van der Waals surface area contributed by atoms with Gasteiger partial charge in [0.15, 0.2) is 6.23 Å². The highest BCUT2D eigenvalue weighted by atomic mass is 16.6. The minimum atomic E-state index is -1.16. The van der Waals surface area contributed by atoms with Crippen molar-refractivity contribution in [2.45, 2.75) is 24.0 Å². The molecule has 2 saturated heterocycles. The van der Waals surface area contributed by atoms with Crippen LogP contribution in [-0.2, 0) is 23.8 Å². The first kappa shape index (κ1) is 21.8. The van der Waals surface area contributed by atoms with Crippen molar-refractivity contribution in [3.8, 4) is 0 Å². The van der Waals surface area contributed by atoms with E-state index in [0.29, 0.717) is 13.1 Å². The fraction of sp³-hybridized carbons (Fsp3) is 0.385. The normalized spacial score (nSPS) is 31.2. The number of esters is 2. The lowest BCUT2D eigenvalue weighted by atomic mass is 9.76. The molecule has 2 aromatic carbocycles. The summed E-state index contributed by atoms with van der Waals surface area (Å²) in [5.41, 5.74) is 0.858. The lowest BCUT2D eigenvalue weighted by molar-refractivity contribution is -0.288. The number of likely N-dealkylation sites (tertiary alicyclic amines) is 2. The third-order valence-electron chi connectivity index (χ3n) is 6.68. The largest absolute Gasteiger partial charge is 0.446 e. The number of hydrogen-bond donors (Lipinski definition) is 0. The quantitative estimate of drug-likeness (QED) is 0.666. The average Bonchev–Trinajstić information content (AvgIpc) is 2.80. The highest BCUT2D eigenvalue weighted by Gasteiger charge is 2.63. The van der Waals surface area contributed by atoms with Gasteiger partial charge in [-0.25, -0.2) is 9.59 Å². The van der Waals surface area contributed by atoms with Crippen LogP contribution in [0.25, 0.3) is 0 Å². The Balaban J connectivity index is 1.60. The number of likely N-dealkylation sites (N-methyl/N-ethyl adjacent to an activating group) is 2. The van der Waals surface area contributed by atoms with Crippen LogP contribution in [0.2, 0.25) is 0 Å². The Hall–Kier alpha value is -3.00. The SMILES string of the molecule is CN1CC2CN(C)C3OC(=O)/C=C/C(=O)OC3(C1)C2OC(c1ccccc1)c1ccccc1. The number of ether oxygens (including phenoxy) is 3. The summed E-state index contributed by atoms with van der Waals surface area (Å²) in [5.74, 6) is -1.07. The topological polar surface area (TPSA) is 68.3 Å². The summed E-state index contributed by atoms with van der Waals surface area (Å²) < 4.78 is 18.9. The van der Waals surface area contributed by atoms with Crippen LogP contribution >= 0.6 is 0 Å². The highest BCUT2D eigenvalue weighted by Crippen LogP contribution is 2.44. The first-order chi connectivity index (χ1) is 16.0. The van der Waals surface area contributed by atoms with Gasteiger partial charge in [-0.2, -0.15) is 0 Å². The molecule has 0 saturated carbocycles. The summed E-state index contributed by atoms with van der Waals surface area (Å²) in [6.45, 7) is 1.82. The summed E-state index contributed by atoms with van der Waals surface area (Å²) >= 11 is 0. The molecule has 3 aliphatic rings. The van der Waals surface area contributed by atoms with E-state index in [0.717, 1.165) is 29.8 Å². The molecule has 2 fully saturated rings. The van der Waals surface area contributed by atoms with Gasteiger partial charge in [-0.05, 0) is 25.2 Å². The van der Waals surface area contributed by atoms with Gasteiger partial charge in [-0.15, -0.1) is 0 Å². The lowest BCUT2D eigenvalue weighted by Gasteiger charge is -2.58. The number of piperidine rings is 2. The fourth-order valence-corrected chi connectivity index (χ4v) is 5.50. The van der Waals surface area contributed by atoms with E-state index in [-0.39, 0.29) is 12.0 Å². The van der Waals surface area contributed by atoms with Crippen molar-refractivity contribution in [3.63, 3.8) is 0 Å². The molecule has 7 nitrogen and oxygen atoms in total. The van der Waals surface area contributed by atoms with Gasteiger partial charge in [-0.3, -0.25) is 4.90 Å². The number of carbonyl (C=O) groups excluding carboxylic acids is 2. The molecule has 3 heterocycles. The van der Waals surface area contributed by atoms with Crippen molar-refractivity contribution in [1.82, 2.24) is 9.80 Å². The number of hydrogen-bond acceptors (Lipinski definition) is 7. The minimum Gasteiger partial charge on any atom is -0.446 e. The van der Waals surface area contributed by atoms with E-state index in [1.807, 2.05) is 79.7 Å². The molecule has 33 heavy (non-hydrogen) atoms. The first-order valence-corrected chi connectivity index (χ1v) is 11.2. The van der Waals surface area contributed by atoms with Crippen LogP contribution in [0.15, 0.2) is 72.8 Å². The molecular weight excluding hydrogens is 420 g/mol. The summed E-state index contributed by atoms with van der Waals surface area (Å²) in [5, 5.41) is 0. The van der Waals surface area contributed by atoms with Crippen LogP contribution in [0.1, 0.15) is 17.2 Å². The van der Waals surface area contributed by atoms with Crippen molar-refractivity contribution >= 4 is 11.9 Å². The van der Waals surface area contributed by atoms with Crippen LogP contribution in [0, 0.1) is 5.92 Å². The molecule has 0 radical (unpaired) electrons. The maximum atomic E-state index is 12.7. The van der Waals surface area contributed by atoms with E-state index in [2.05, 4.69) is 4.90 Å². The Kier molecular flexibility index (Phi) is 5.78. The van der Waals surface area contributed by atoms with Gasteiger partial charge in [0.2, 0.25) is 5.60 Å². The summed E-state index contributed by atoms with van der Waals surface area (Å²) in [4.78, 5) is 29.2. The highest BCUT2D eigenvalue weighted by molar-refractivity contribution is 5.92. The van der Waals surface area contributed by atoms with Gasteiger partial charge in [0, 0.05) is 37.7 Å². The first-order valence-electron chi connectivity index (χ1n) is 11.2. The predicted molar refractivity (Wildman–Crippen MR) is 121 cm³/mol. The molecule has 2 aromatic rings. The summed E-state index contributed by atoms with van der Waals surface area (Å²) in [6.07, 6.45) is 0.668. The van der Waals surface area contributed by atoms with E-state index < -0.39 is 29.9 Å². The van der Waals surface area contributed by atoms with E-state index >= 15 is 0 Å². The van der Waals surface area contributed by atoms with Crippen LogP contribution < -0.4 is 0 Å². The molecule has 7 heteroatoms. The minimum absolute atomic E-state index is 0.0508. The van der Waals surface area contributed by atoms with E-state index in [9.17, 15) is 9.59 Å². The number of carbonyl (C=O) groups is 2. The number of benzene rings is 2. The molecule has 0 N–H and O–H groups in total. The van der Waals surface area contributed by atoms with Crippen molar-refractivity contribution in [1.29, 1.82) is 0 Å². The third-order valence-corrected chi connectivity index (χ3v) is 6.68. The monoisotopic (exact) mass is 448 g/mol. The van der Waals surface area contributed by atoms with Crippen LogP contribution in [0.3, 0.4) is 0 Å². The summed E-state index contributed by atoms with van der Waals surface area (Å²) in [7, 11) is 3.88. The Bertz CT molecular complexity index is 1000. The van der Waals surface area contributed by atoms with Crippen molar-refractivity contribution < 1.29 is 23.8 Å². The molecule has 4 unspecified atom stereocenters. The van der Waals surface area contributed by atoms with Gasteiger partial charge in [-0.1, -0.05) is 60.7 Å².